The number of methoxy groups -OCH3 is 1. The average Bonchev–Trinajstić information content (AvgIpc) is 2.65. The molecule has 1 amide bonds. The second-order valence-corrected chi connectivity index (χ2v) is 4.86. The number of hydrogen-bond donors (Lipinski definition) is 1. The van der Waals surface area contributed by atoms with E-state index < -0.39 is 5.97 Å². The van der Waals surface area contributed by atoms with Gasteiger partial charge in [-0.1, -0.05) is 6.92 Å². The molecule has 18 heavy (non-hydrogen) atoms. The summed E-state index contributed by atoms with van der Waals surface area (Å²) in [5, 5.41) is 11.7. The molecule has 0 aliphatic heterocycles. The number of carbonyl (C=O) groups is 2. The predicted molar refractivity (Wildman–Crippen MR) is 68.6 cm³/mol. The Kier molecular flexibility index (Phi) is 4.86. The Balaban J connectivity index is 3.17. The van der Waals surface area contributed by atoms with Gasteiger partial charge in [0.2, 0.25) is 5.91 Å². The number of esters is 1. The van der Waals surface area contributed by atoms with Gasteiger partial charge in [-0.15, -0.1) is 11.3 Å². The van der Waals surface area contributed by atoms with Crippen molar-refractivity contribution >= 4 is 28.9 Å². The Labute approximate surface area is 109 Å². The summed E-state index contributed by atoms with van der Waals surface area (Å²) in [6.07, 6.45) is 1.05. The highest BCUT2D eigenvalue weighted by Gasteiger charge is 2.22. The van der Waals surface area contributed by atoms with Gasteiger partial charge in [-0.25, -0.2) is 4.79 Å². The summed E-state index contributed by atoms with van der Waals surface area (Å²) in [7, 11) is 1.26. The third kappa shape index (κ3) is 2.87. The number of carbonyl (C=O) groups excluding carboxylic acids is 2. The smallest absolute Gasteiger partial charge is 0.350 e. The summed E-state index contributed by atoms with van der Waals surface area (Å²) in [6, 6.07) is 2.00. The summed E-state index contributed by atoms with van der Waals surface area (Å²) in [5.41, 5.74) is 0.593. The van der Waals surface area contributed by atoms with E-state index in [2.05, 4.69) is 10.1 Å². The highest BCUT2D eigenvalue weighted by Crippen LogP contribution is 2.33. The molecule has 0 bridgehead atoms. The number of rotatable bonds is 4. The van der Waals surface area contributed by atoms with Crippen molar-refractivity contribution in [1.29, 1.82) is 5.26 Å². The van der Waals surface area contributed by atoms with Crippen LogP contribution in [0.1, 0.15) is 39.9 Å². The molecule has 1 N–H and O–H groups in total. The molecular formula is C12H14N2O3S. The van der Waals surface area contributed by atoms with E-state index in [-0.39, 0.29) is 16.5 Å². The Bertz CT molecular complexity index is 514. The molecule has 0 unspecified atom stereocenters. The molecule has 6 heteroatoms. The maximum atomic E-state index is 11.6. The number of anilines is 1. The normalized spacial score (nSPS) is 9.67. The molecule has 0 aliphatic carbocycles. The van der Waals surface area contributed by atoms with Crippen LogP contribution in [0.3, 0.4) is 0 Å². The maximum absolute atomic E-state index is 11.6. The number of ether oxygens (including phenoxy) is 1. The van der Waals surface area contributed by atoms with Gasteiger partial charge in [0.05, 0.1) is 18.4 Å². The van der Waals surface area contributed by atoms with Gasteiger partial charge in [0.25, 0.3) is 0 Å². The zero-order valence-electron chi connectivity index (χ0n) is 10.5. The van der Waals surface area contributed by atoms with Crippen LogP contribution in [0, 0.1) is 18.3 Å². The van der Waals surface area contributed by atoms with Gasteiger partial charge >= 0.3 is 5.97 Å². The first-order valence-electron chi connectivity index (χ1n) is 5.46. The van der Waals surface area contributed by atoms with Crippen LogP contribution < -0.4 is 5.32 Å². The van der Waals surface area contributed by atoms with E-state index in [0.29, 0.717) is 23.3 Å². The molecule has 1 aromatic rings. The van der Waals surface area contributed by atoms with Crippen molar-refractivity contribution in [2.24, 2.45) is 0 Å². The number of nitrogens with one attached hydrogen (secondary N) is 1. The van der Waals surface area contributed by atoms with Crippen molar-refractivity contribution in [1.82, 2.24) is 0 Å². The Morgan fingerprint density at radius 3 is 2.67 bits per heavy atom. The summed E-state index contributed by atoms with van der Waals surface area (Å²) in [4.78, 5) is 24.1. The molecule has 0 atom stereocenters. The van der Waals surface area contributed by atoms with Crippen LogP contribution in [0.5, 0.6) is 0 Å². The molecule has 1 heterocycles. The molecule has 1 rings (SSSR count). The van der Waals surface area contributed by atoms with Crippen molar-refractivity contribution in [2.75, 3.05) is 12.4 Å². The van der Waals surface area contributed by atoms with Gasteiger partial charge in [-0.05, 0) is 13.3 Å². The van der Waals surface area contributed by atoms with E-state index in [9.17, 15) is 9.59 Å². The van der Waals surface area contributed by atoms with Crippen molar-refractivity contribution in [3.63, 3.8) is 0 Å². The van der Waals surface area contributed by atoms with Crippen LogP contribution in [0.25, 0.3) is 0 Å². The van der Waals surface area contributed by atoms with Crippen LogP contribution >= 0.6 is 11.3 Å². The maximum Gasteiger partial charge on any atom is 0.350 e. The SMILES string of the molecule is CCCC(=O)Nc1c(C(=O)OC)sc(C)c1C#N. The van der Waals surface area contributed by atoms with E-state index in [1.165, 1.54) is 7.11 Å². The minimum atomic E-state index is -0.545. The first kappa shape index (κ1) is 14.2. The molecule has 1 aromatic heterocycles. The number of thiophene rings is 1. The monoisotopic (exact) mass is 266 g/mol. The zero-order chi connectivity index (χ0) is 13.7. The lowest BCUT2D eigenvalue weighted by Gasteiger charge is -2.05. The van der Waals surface area contributed by atoms with Gasteiger partial charge in [0.15, 0.2) is 0 Å². The van der Waals surface area contributed by atoms with E-state index in [0.717, 1.165) is 11.3 Å². The Morgan fingerprint density at radius 1 is 1.50 bits per heavy atom. The molecule has 5 nitrogen and oxygen atoms in total. The number of nitriles is 1. The first-order chi connectivity index (χ1) is 8.54. The van der Waals surface area contributed by atoms with Crippen molar-refractivity contribution < 1.29 is 14.3 Å². The summed E-state index contributed by atoms with van der Waals surface area (Å²) in [5.74, 6) is -0.756. The number of amides is 1. The lowest BCUT2D eigenvalue weighted by Crippen LogP contribution is -2.14. The molecule has 0 radical (unpaired) electrons. The lowest BCUT2D eigenvalue weighted by atomic mass is 10.2. The fourth-order valence-electron chi connectivity index (χ4n) is 1.46. The highest BCUT2D eigenvalue weighted by atomic mass is 32.1. The standard InChI is InChI=1S/C12H14N2O3S/c1-4-5-9(15)14-10-8(6-13)7(2)18-11(10)12(16)17-3/h4-5H2,1-3H3,(H,14,15). The molecule has 0 saturated heterocycles. The summed E-state index contributed by atoms with van der Waals surface area (Å²) in [6.45, 7) is 3.61. The fourth-order valence-corrected chi connectivity index (χ4v) is 2.44. The Morgan fingerprint density at radius 2 is 2.17 bits per heavy atom. The lowest BCUT2D eigenvalue weighted by molar-refractivity contribution is -0.116. The van der Waals surface area contributed by atoms with Gasteiger partial charge in [0.1, 0.15) is 10.9 Å². The Hall–Kier alpha value is -1.87. The van der Waals surface area contributed by atoms with E-state index >= 15 is 0 Å². The third-order valence-corrected chi connectivity index (χ3v) is 3.39. The van der Waals surface area contributed by atoms with Crippen LogP contribution in [-0.2, 0) is 9.53 Å². The molecule has 0 aromatic carbocycles. The van der Waals surface area contributed by atoms with E-state index in [4.69, 9.17) is 5.26 Å². The van der Waals surface area contributed by atoms with Gasteiger partial charge in [-0.2, -0.15) is 5.26 Å². The first-order valence-corrected chi connectivity index (χ1v) is 6.28. The highest BCUT2D eigenvalue weighted by molar-refractivity contribution is 7.14. The van der Waals surface area contributed by atoms with E-state index in [1.54, 1.807) is 6.92 Å². The second kappa shape index (κ2) is 6.17. The van der Waals surface area contributed by atoms with Crippen LogP contribution in [0.4, 0.5) is 5.69 Å². The van der Waals surface area contributed by atoms with Crippen molar-refractivity contribution in [3.8, 4) is 6.07 Å². The topological polar surface area (TPSA) is 79.2 Å². The van der Waals surface area contributed by atoms with Gasteiger partial charge < -0.3 is 10.1 Å². The van der Waals surface area contributed by atoms with Crippen LogP contribution in [0.2, 0.25) is 0 Å². The number of hydrogen-bond acceptors (Lipinski definition) is 5. The zero-order valence-corrected chi connectivity index (χ0v) is 11.3. The quantitative estimate of drug-likeness (QED) is 0.849. The fraction of sp³-hybridized carbons (Fsp3) is 0.417. The minimum Gasteiger partial charge on any atom is -0.465 e. The van der Waals surface area contributed by atoms with Crippen molar-refractivity contribution in [2.45, 2.75) is 26.7 Å². The van der Waals surface area contributed by atoms with Crippen molar-refractivity contribution in [3.05, 3.63) is 15.3 Å². The van der Waals surface area contributed by atoms with Crippen LogP contribution in [-0.4, -0.2) is 19.0 Å². The molecule has 0 saturated carbocycles. The van der Waals surface area contributed by atoms with Gasteiger partial charge in [-0.3, -0.25) is 4.79 Å². The largest absolute Gasteiger partial charge is 0.465 e. The molecular weight excluding hydrogens is 252 g/mol. The molecule has 0 aliphatic rings. The average molecular weight is 266 g/mol. The number of nitrogens with zero attached hydrogens (tertiary/aromatic N) is 1. The second-order valence-electron chi connectivity index (χ2n) is 3.64. The summed E-state index contributed by atoms with van der Waals surface area (Å²) >= 11 is 1.15. The summed E-state index contributed by atoms with van der Waals surface area (Å²) < 4.78 is 4.64. The third-order valence-electron chi connectivity index (χ3n) is 2.31. The van der Waals surface area contributed by atoms with Crippen LogP contribution in [0.15, 0.2) is 0 Å². The molecule has 0 fully saturated rings. The minimum absolute atomic E-state index is 0.211. The predicted octanol–water partition coefficient (Wildman–Crippen LogP) is 2.45. The number of aryl methyl sites for hydroxylation is 1. The van der Waals surface area contributed by atoms with Gasteiger partial charge in [0, 0.05) is 11.3 Å². The molecule has 96 valence electrons. The molecule has 0 spiro atoms. The van der Waals surface area contributed by atoms with E-state index in [1.807, 2.05) is 13.0 Å².